The molecular weight excluding hydrogens is 410 g/mol. The van der Waals surface area contributed by atoms with E-state index in [9.17, 15) is 14.7 Å². The van der Waals surface area contributed by atoms with Crippen molar-refractivity contribution in [2.45, 2.75) is 46.0 Å². The Kier molecular flexibility index (Phi) is 9.11. The number of aliphatic carboxylic acids is 1. The summed E-state index contributed by atoms with van der Waals surface area (Å²) >= 11 is 5.93. The molecule has 1 unspecified atom stereocenters. The lowest BCUT2D eigenvalue weighted by atomic mass is 10.0. The third-order valence-electron chi connectivity index (χ3n) is 4.06. The third kappa shape index (κ3) is 7.67. The molecule has 0 fully saturated rings. The molecule has 7 nitrogen and oxygen atoms in total. The molecule has 0 aliphatic heterocycles. The number of quaternary nitrogens is 1. The normalized spacial score (nSPS) is 11.9. The molecule has 0 spiro atoms. The number of carboxylic acid groups (broad SMARTS) is 1. The monoisotopic (exact) mass is 436 g/mol. The van der Waals surface area contributed by atoms with Crippen molar-refractivity contribution in [3.8, 4) is 5.75 Å². The number of ether oxygens (including phenoxy) is 3. The van der Waals surface area contributed by atoms with Crippen LogP contribution in [0.1, 0.15) is 31.9 Å². The Morgan fingerprint density at radius 1 is 1.17 bits per heavy atom. The molecule has 0 aliphatic carbocycles. The summed E-state index contributed by atoms with van der Waals surface area (Å²) in [6.07, 6.45) is -1.50. The van der Waals surface area contributed by atoms with Crippen LogP contribution in [0.2, 0.25) is 5.02 Å². The molecule has 0 heterocycles. The van der Waals surface area contributed by atoms with Crippen molar-refractivity contribution in [3.63, 3.8) is 0 Å². The second-order valence-electron chi connectivity index (χ2n) is 6.90. The number of benzene rings is 2. The van der Waals surface area contributed by atoms with Gasteiger partial charge < -0.3 is 19.3 Å². The number of carbonyl (C=O) groups excluding carboxylic acids is 1. The average Bonchev–Trinajstić information content (AvgIpc) is 2.67. The second-order valence-corrected chi connectivity index (χ2v) is 7.33. The lowest BCUT2D eigenvalue weighted by Crippen LogP contribution is -2.82. The number of amides is 1. The van der Waals surface area contributed by atoms with Crippen molar-refractivity contribution in [1.82, 2.24) is 0 Å². The smallest absolute Gasteiger partial charge is 0.493 e. The van der Waals surface area contributed by atoms with Crippen LogP contribution in [0.3, 0.4) is 0 Å². The average molecular weight is 437 g/mol. The van der Waals surface area contributed by atoms with Crippen molar-refractivity contribution in [2.24, 2.45) is 0 Å². The first-order valence-electron chi connectivity index (χ1n) is 9.68. The molecule has 0 saturated carbocycles. The summed E-state index contributed by atoms with van der Waals surface area (Å²) in [6, 6.07) is 12.2. The predicted molar refractivity (Wildman–Crippen MR) is 112 cm³/mol. The van der Waals surface area contributed by atoms with Gasteiger partial charge in [0.25, 0.3) is 0 Å². The zero-order valence-electron chi connectivity index (χ0n) is 17.3. The molecule has 0 aromatic heterocycles. The van der Waals surface area contributed by atoms with Gasteiger partial charge in [0.1, 0.15) is 18.0 Å². The van der Waals surface area contributed by atoms with E-state index in [2.05, 4.69) is 0 Å². The van der Waals surface area contributed by atoms with Crippen molar-refractivity contribution in [1.29, 1.82) is 0 Å². The summed E-state index contributed by atoms with van der Waals surface area (Å²) < 4.78 is 16.5. The van der Waals surface area contributed by atoms with Crippen LogP contribution in [0.25, 0.3) is 0 Å². The molecule has 2 aromatic carbocycles. The molecule has 2 rings (SSSR count). The van der Waals surface area contributed by atoms with E-state index in [-0.39, 0.29) is 19.1 Å². The minimum absolute atomic E-state index is 0.0121. The van der Waals surface area contributed by atoms with Gasteiger partial charge in [-0.15, -0.1) is 0 Å². The highest BCUT2D eigenvalue weighted by Crippen LogP contribution is 2.23. The van der Waals surface area contributed by atoms with Gasteiger partial charge in [0.05, 0.1) is 12.7 Å². The summed E-state index contributed by atoms with van der Waals surface area (Å²) in [6.45, 7) is 5.86. The van der Waals surface area contributed by atoms with Crippen molar-refractivity contribution in [3.05, 3.63) is 58.6 Å². The SMILES string of the molecule is CCOc1ccc(CC(OC(C)C)C(=O)O)cc1COC(=O)[NH2+]c1cccc(Cl)c1. The van der Waals surface area contributed by atoms with E-state index in [0.29, 0.717) is 28.6 Å². The summed E-state index contributed by atoms with van der Waals surface area (Å²) in [7, 11) is 0. The number of rotatable bonds is 10. The zero-order valence-corrected chi connectivity index (χ0v) is 18.0. The molecule has 1 atom stereocenters. The zero-order chi connectivity index (χ0) is 22.1. The molecule has 3 N–H and O–H groups in total. The molecule has 1 amide bonds. The highest BCUT2D eigenvalue weighted by molar-refractivity contribution is 6.30. The van der Waals surface area contributed by atoms with E-state index < -0.39 is 18.2 Å². The Morgan fingerprint density at radius 2 is 1.93 bits per heavy atom. The topological polar surface area (TPSA) is 98.7 Å². The summed E-state index contributed by atoms with van der Waals surface area (Å²) in [5, 5.41) is 11.3. The molecular formula is C22H27ClNO6+. The Morgan fingerprint density at radius 3 is 2.57 bits per heavy atom. The molecule has 0 aliphatic rings. The first-order chi connectivity index (χ1) is 14.3. The summed E-state index contributed by atoms with van der Waals surface area (Å²) in [5.74, 6) is -0.449. The van der Waals surface area contributed by atoms with E-state index in [1.165, 1.54) is 5.32 Å². The van der Waals surface area contributed by atoms with Crippen LogP contribution >= 0.6 is 11.6 Å². The van der Waals surface area contributed by atoms with Gasteiger partial charge in [0.15, 0.2) is 6.10 Å². The van der Waals surface area contributed by atoms with Gasteiger partial charge in [-0.05, 0) is 50.6 Å². The quantitative estimate of drug-likeness (QED) is 0.551. The second kappa shape index (κ2) is 11.5. The van der Waals surface area contributed by atoms with Crippen LogP contribution in [0.15, 0.2) is 42.5 Å². The largest absolute Gasteiger partial charge is 0.518 e. The predicted octanol–water partition coefficient (Wildman–Crippen LogP) is 3.69. The highest BCUT2D eigenvalue weighted by Gasteiger charge is 2.21. The number of carboxylic acids is 1. The number of nitrogens with two attached hydrogens (primary N) is 1. The highest BCUT2D eigenvalue weighted by atomic mass is 35.5. The van der Waals surface area contributed by atoms with Crippen LogP contribution < -0.4 is 10.1 Å². The fourth-order valence-electron chi connectivity index (χ4n) is 2.83. The Balaban J connectivity index is 2.09. The molecule has 30 heavy (non-hydrogen) atoms. The lowest BCUT2D eigenvalue weighted by Gasteiger charge is -2.18. The van der Waals surface area contributed by atoms with E-state index >= 15 is 0 Å². The molecule has 0 bridgehead atoms. The number of hydrogen-bond donors (Lipinski definition) is 2. The van der Waals surface area contributed by atoms with Gasteiger partial charge in [-0.1, -0.05) is 23.7 Å². The standard InChI is InChI=1S/C22H26ClNO6/c1-4-28-19-9-8-15(11-20(21(25)26)30-14(2)3)10-16(19)13-29-22(27)24-18-7-5-6-17(23)12-18/h5-10,12,14,20H,4,11,13H2,1-3H3,(H,24,27)(H,25,26)/p+1. The summed E-state index contributed by atoms with van der Waals surface area (Å²) in [5.41, 5.74) is 2.04. The maximum Gasteiger partial charge on any atom is 0.518 e. The van der Waals surface area contributed by atoms with Crippen LogP contribution in [0, 0.1) is 0 Å². The van der Waals surface area contributed by atoms with Gasteiger partial charge >= 0.3 is 12.1 Å². The first kappa shape index (κ1) is 23.7. The molecule has 8 heteroatoms. The Labute approximate surface area is 180 Å². The number of primary amides is 1. The third-order valence-corrected chi connectivity index (χ3v) is 4.30. The Bertz CT molecular complexity index is 870. The maximum atomic E-state index is 12.2. The van der Waals surface area contributed by atoms with Crippen LogP contribution in [0.4, 0.5) is 10.5 Å². The van der Waals surface area contributed by atoms with Crippen molar-refractivity contribution >= 4 is 29.4 Å². The molecule has 162 valence electrons. The molecule has 2 aromatic rings. The number of hydrogen-bond acceptors (Lipinski definition) is 5. The van der Waals surface area contributed by atoms with Gasteiger partial charge in [0, 0.05) is 23.1 Å². The minimum atomic E-state index is -1.03. The maximum absolute atomic E-state index is 12.2. The van der Waals surface area contributed by atoms with Gasteiger partial charge in [-0.2, -0.15) is 4.79 Å². The first-order valence-corrected chi connectivity index (χ1v) is 10.1. The van der Waals surface area contributed by atoms with Gasteiger partial charge in [0.2, 0.25) is 0 Å². The fourth-order valence-corrected chi connectivity index (χ4v) is 3.03. The Hall–Kier alpha value is -2.61. The van der Waals surface area contributed by atoms with Crippen LogP contribution in [-0.2, 0) is 27.3 Å². The van der Waals surface area contributed by atoms with Crippen LogP contribution in [-0.4, -0.2) is 36.0 Å². The van der Waals surface area contributed by atoms with E-state index in [1.54, 1.807) is 56.3 Å². The minimum Gasteiger partial charge on any atom is -0.493 e. The van der Waals surface area contributed by atoms with Crippen molar-refractivity contribution < 1.29 is 34.2 Å². The lowest BCUT2D eigenvalue weighted by molar-refractivity contribution is -0.483. The van der Waals surface area contributed by atoms with E-state index in [1.807, 2.05) is 6.92 Å². The van der Waals surface area contributed by atoms with E-state index in [0.717, 1.165) is 5.56 Å². The van der Waals surface area contributed by atoms with Gasteiger partial charge in [-0.3, -0.25) is 0 Å². The number of halogens is 1. The number of carbonyl (C=O) groups is 2. The van der Waals surface area contributed by atoms with Crippen LogP contribution in [0.5, 0.6) is 5.75 Å². The van der Waals surface area contributed by atoms with E-state index in [4.69, 9.17) is 25.8 Å². The van der Waals surface area contributed by atoms with Crippen molar-refractivity contribution in [2.75, 3.05) is 6.61 Å². The summed E-state index contributed by atoms with van der Waals surface area (Å²) in [4.78, 5) is 23.7. The van der Waals surface area contributed by atoms with Gasteiger partial charge in [-0.25, -0.2) is 10.1 Å². The fraction of sp³-hybridized carbons (Fsp3) is 0.364. The molecule has 0 saturated heterocycles. The molecule has 0 radical (unpaired) electrons.